The maximum atomic E-state index is 13.9. The molecule has 31 heavy (non-hydrogen) atoms. The lowest BCUT2D eigenvalue weighted by molar-refractivity contribution is -0.148. The number of anilines is 1. The second kappa shape index (κ2) is 8.73. The zero-order chi connectivity index (χ0) is 21.3. The lowest BCUT2D eigenvalue weighted by atomic mass is 9.73. The summed E-state index contributed by atoms with van der Waals surface area (Å²) < 4.78 is 5.49. The summed E-state index contributed by atoms with van der Waals surface area (Å²) >= 11 is 0. The van der Waals surface area contributed by atoms with E-state index in [-0.39, 0.29) is 17.7 Å². The molecule has 1 aromatic rings. The summed E-state index contributed by atoms with van der Waals surface area (Å²) in [5.41, 5.74) is -0.485. The molecule has 0 spiro atoms. The van der Waals surface area contributed by atoms with Crippen LogP contribution >= 0.6 is 0 Å². The Morgan fingerprint density at radius 3 is 2.45 bits per heavy atom. The molecule has 3 saturated heterocycles. The fourth-order valence-electron chi connectivity index (χ4n) is 6.10. The Bertz CT molecular complexity index is 794. The summed E-state index contributed by atoms with van der Waals surface area (Å²) in [7, 11) is 0. The van der Waals surface area contributed by atoms with E-state index in [0.717, 1.165) is 45.1 Å². The van der Waals surface area contributed by atoms with Gasteiger partial charge in [-0.25, -0.2) is 9.97 Å². The molecule has 0 radical (unpaired) electrons. The van der Waals surface area contributed by atoms with Gasteiger partial charge in [-0.1, -0.05) is 12.8 Å². The first-order valence-corrected chi connectivity index (χ1v) is 11.9. The Balaban J connectivity index is 1.42. The first-order valence-electron chi connectivity index (χ1n) is 11.9. The second-order valence-electron chi connectivity index (χ2n) is 9.56. The molecular weight excluding hydrogens is 394 g/mol. The van der Waals surface area contributed by atoms with Crippen molar-refractivity contribution in [3.05, 3.63) is 18.5 Å². The summed E-state index contributed by atoms with van der Waals surface area (Å²) in [6, 6.07) is 1.81. The van der Waals surface area contributed by atoms with Crippen molar-refractivity contribution in [2.75, 3.05) is 57.4 Å². The molecule has 1 aromatic heterocycles. The van der Waals surface area contributed by atoms with Gasteiger partial charge >= 0.3 is 0 Å². The summed E-state index contributed by atoms with van der Waals surface area (Å²) in [5, 5.41) is 0. The lowest BCUT2D eigenvalue weighted by Gasteiger charge is -2.38. The highest BCUT2D eigenvalue weighted by Crippen LogP contribution is 2.45. The Hall–Kier alpha value is -2.22. The van der Waals surface area contributed by atoms with Crippen LogP contribution in [-0.2, 0) is 14.3 Å². The predicted molar refractivity (Wildman–Crippen MR) is 115 cm³/mol. The van der Waals surface area contributed by atoms with E-state index in [0.29, 0.717) is 57.8 Å². The number of carbonyl (C=O) groups excluding carboxylic acids is 2. The third-order valence-corrected chi connectivity index (χ3v) is 7.76. The Kier molecular flexibility index (Phi) is 5.82. The Morgan fingerprint density at radius 2 is 1.71 bits per heavy atom. The van der Waals surface area contributed by atoms with Gasteiger partial charge in [-0.2, -0.15) is 0 Å². The van der Waals surface area contributed by atoms with Gasteiger partial charge in [-0.15, -0.1) is 0 Å². The molecule has 1 saturated carbocycles. The molecule has 8 heteroatoms. The van der Waals surface area contributed by atoms with Crippen LogP contribution in [0, 0.1) is 17.3 Å². The number of amides is 2. The standard InChI is InChI=1S/C23H33N5O3/c29-20(18-5-1-2-6-18)27-10-3-7-23(21(30)26-11-13-31-14-12-26)17-28(16-19(23)15-27)22-24-8-4-9-25-22/h4,8-9,18-19H,1-3,5-7,10-17H2/t19-,23-/m0/s1. The molecule has 3 aliphatic heterocycles. The molecule has 2 atom stereocenters. The molecule has 168 valence electrons. The van der Waals surface area contributed by atoms with Crippen LogP contribution in [0.5, 0.6) is 0 Å². The molecule has 0 N–H and O–H groups in total. The topological polar surface area (TPSA) is 78.9 Å². The zero-order valence-corrected chi connectivity index (χ0v) is 18.2. The van der Waals surface area contributed by atoms with Crippen molar-refractivity contribution < 1.29 is 14.3 Å². The smallest absolute Gasteiger partial charge is 0.231 e. The number of ether oxygens (including phenoxy) is 1. The first kappa shape index (κ1) is 20.7. The minimum atomic E-state index is -0.485. The minimum Gasteiger partial charge on any atom is -0.378 e. The van der Waals surface area contributed by atoms with E-state index in [9.17, 15) is 9.59 Å². The average Bonchev–Trinajstić information content (AvgIpc) is 3.45. The third kappa shape index (κ3) is 3.90. The van der Waals surface area contributed by atoms with Gasteiger partial charge in [0.15, 0.2) is 0 Å². The molecule has 0 bridgehead atoms. The van der Waals surface area contributed by atoms with Gasteiger partial charge in [0.05, 0.1) is 18.6 Å². The quantitative estimate of drug-likeness (QED) is 0.729. The fraction of sp³-hybridized carbons (Fsp3) is 0.739. The summed E-state index contributed by atoms with van der Waals surface area (Å²) in [4.78, 5) is 42.3. The number of likely N-dealkylation sites (tertiary alicyclic amines) is 1. The maximum absolute atomic E-state index is 13.9. The normalized spacial score (nSPS) is 29.7. The van der Waals surface area contributed by atoms with Crippen LogP contribution < -0.4 is 4.90 Å². The van der Waals surface area contributed by atoms with E-state index < -0.39 is 5.41 Å². The number of hydrogen-bond acceptors (Lipinski definition) is 6. The van der Waals surface area contributed by atoms with Crippen molar-refractivity contribution in [1.82, 2.24) is 19.8 Å². The monoisotopic (exact) mass is 427 g/mol. The highest BCUT2D eigenvalue weighted by atomic mass is 16.5. The molecule has 4 aliphatic rings. The van der Waals surface area contributed by atoms with Gasteiger partial charge in [0.25, 0.3) is 0 Å². The van der Waals surface area contributed by atoms with Crippen LogP contribution in [-0.4, -0.2) is 84.1 Å². The molecule has 8 nitrogen and oxygen atoms in total. The van der Waals surface area contributed by atoms with Gasteiger partial charge in [0, 0.05) is 63.5 Å². The van der Waals surface area contributed by atoms with Crippen molar-refractivity contribution in [3.63, 3.8) is 0 Å². The van der Waals surface area contributed by atoms with Crippen LogP contribution in [0.1, 0.15) is 38.5 Å². The minimum absolute atomic E-state index is 0.0968. The van der Waals surface area contributed by atoms with Gasteiger partial charge in [0.1, 0.15) is 0 Å². The highest BCUT2D eigenvalue weighted by Gasteiger charge is 2.55. The average molecular weight is 428 g/mol. The summed E-state index contributed by atoms with van der Waals surface area (Å²) in [5.74, 6) is 1.49. The van der Waals surface area contributed by atoms with E-state index in [4.69, 9.17) is 4.74 Å². The van der Waals surface area contributed by atoms with E-state index >= 15 is 0 Å². The number of hydrogen-bond donors (Lipinski definition) is 0. The van der Waals surface area contributed by atoms with E-state index in [1.807, 2.05) is 11.0 Å². The molecular formula is C23H33N5O3. The maximum Gasteiger partial charge on any atom is 0.231 e. The number of rotatable bonds is 3. The van der Waals surface area contributed by atoms with Crippen molar-refractivity contribution in [2.45, 2.75) is 38.5 Å². The number of aromatic nitrogens is 2. The van der Waals surface area contributed by atoms with Gasteiger partial charge in [-0.3, -0.25) is 9.59 Å². The first-order chi connectivity index (χ1) is 15.2. The van der Waals surface area contributed by atoms with Crippen molar-refractivity contribution in [1.29, 1.82) is 0 Å². The van der Waals surface area contributed by atoms with Crippen LogP contribution in [0.2, 0.25) is 0 Å². The SMILES string of the molecule is O=C(C1CCCC1)N1CCC[C@]2(C(=O)N3CCOCC3)CN(c3ncccn3)C[C@@H]2C1. The van der Waals surface area contributed by atoms with Crippen LogP contribution in [0.25, 0.3) is 0 Å². The van der Waals surface area contributed by atoms with Crippen LogP contribution in [0.15, 0.2) is 18.5 Å². The van der Waals surface area contributed by atoms with Crippen LogP contribution in [0.3, 0.4) is 0 Å². The van der Waals surface area contributed by atoms with E-state index in [1.54, 1.807) is 12.4 Å². The number of fused-ring (bicyclic) bond motifs is 1. The van der Waals surface area contributed by atoms with Crippen molar-refractivity contribution in [3.8, 4) is 0 Å². The van der Waals surface area contributed by atoms with Gasteiger partial charge in [0.2, 0.25) is 17.8 Å². The number of morpholine rings is 1. The molecule has 4 heterocycles. The van der Waals surface area contributed by atoms with Crippen molar-refractivity contribution >= 4 is 17.8 Å². The predicted octanol–water partition coefficient (Wildman–Crippen LogP) is 1.57. The van der Waals surface area contributed by atoms with E-state index in [2.05, 4.69) is 19.8 Å². The summed E-state index contributed by atoms with van der Waals surface area (Å²) in [6.45, 7) is 5.28. The zero-order valence-electron chi connectivity index (χ0n) is 18.2. The molecule has 1 aliphatic carbocycles. The van der Waals surface area contributed by atoms with Gasteiger partial charge in [-0.05, 0) is 31.7 Å². The van der Waals surface area contributed by atoms with E-state index in [1.165, 1.54) is 0 Å². The molecule has 0 unspecified atom stereocenters. The Labute approximate surface area is 183 Å². The van der Waals surface area contributed by atoms with Crippen LogP contribution in [0.4, 0.5) is 5.95 Å². The highest BCUT2D eigenvalue weighted by molar-refractivity contribution is 5.85. The largest absolute Gasteiger partial charge is 0.378 e. The number of nitrogens with zero attached hydrogens (tertiary/aromatic N) is 5. The molecule has 0 aromatic carbocycles. The van der Waals surface area contributed by atoms with Crippen molar-refractivity contribution in [2.24, 2.45) is 17.3 Å². The molecule has 5 rings (SSSR count). The Morgan fingerprint density at radius 1 is 0.968 bits per heavy atom. The molecule has 4 fully saturated rings. The summed E-state index contributed by atoms with van der Waals surface area (Å²) in [6.07, 6.45) is 9.54. The molecule has 2 amide bonds. The van der Waals surface area contributed by atoms with Gasteiger partial charge < -0.3 is 19.4 Å². The second-order valence-corrected chi connectivity index (χ2v) is 9.56. The lowest BCUT2D eigenvalue weighted by Crippen LogP contribution is -2.53. The number of carbonyl (C=O) groups is 2. The third-order valence-electron chi connectivity index (χ3n) is 7.76. The fourth-order valence-corrected chi connectivity index (χ4v) is 6.10.